The van der Waals surface area contributed by atoms with Crippen LogP contribution in [0.1, 0.15) is 10.4 Å². The van der Waals surface area contributed by atoms with Crippen LogP contribution >= 0.6 is 15.9 Å². The number of carbonyl (C=O) groups excluding carboxylic acids is 2. The van der Waals surface area contributed by atoms with Gasteiger partial charge in [-0.1, -0.05) is 18.2 Å². The van der Waals surface area contributed by atoms with Crippen LogP contribution in [-0.2, 0) is 9.53 Å². The van der Waals surface area contributed by atoms with E-state index in [1.54, 1.807) is 42.5 Å². The Morgan fingerprint density at radius 3 is 2.52 bits per heavy atom. The van der Waals surface area contributed by atoms with Crippen LogP contribution in [0, 0.1) is 11.3 Å². The minimum Gasteiger partial charge on any atom is -0.483 e. The Hall–Kier alpha value is -2.85. The van der Waals surface area contributed by atoms with E-state index < -0.39 is 5.97 Å². The fourth-order valence-corrected chi connectivity index (χ4v) is 2.58. The second kappa shape index (κ2) is 8.85. The van der Waals surface area contributed by atoms with E-state index >= 15 is 0 Å². The zero-order chi connectivity index (χ0) is 18.2. The monoisotopic (exact) mass is 402 g/mol. The van der Waals surface area contributed by atoms with Gasteiger partial charge in [-0.25, -0.2) is 4.79 Å². The largest absolute Gasteiger partial charge is 0.483 e. The third-order valence-electron chi connectivity index (χ3n) is 3.30. The number of benzene rings is 2. The molecule has 25 heavy (non-hydrogen) atoms. The van der Waals surface area contributed by atoms with E-state index in [2.05, 4.69) is 20.7 Å². The summed E-state index contributed by atoms with van der Waals surface area (Å²) >= 11 is 3.30. The molecule has 0 unspecified atom stereocenters. The molecule has 0 N–H and O–H groups in total. The molecular formula is C18H15BrN2O4. The minimum atomic E-state index is -0.465. The summed E-state index contributed by atoms with van der Waals surface area (Å²) in [6.07, 6.45) is 0. The Kier molecular flexibility index (Phi) is 6.54. The number of halogens is 1. The molecule has 6 nitrogen and oxygen atoms in total. The van der Waals surface area contributed by atoms with Crippen LogP contribution in [0.2, 0.25) is 0 Å². The number of amides is 1. The summed E-state index contributed by atoms with van der Waals surface area (Å²) in [5.41, 5.74) is 0.987. The van der Waals surface area contributed by atoms with Crippen molar-refractivity contribution in [1.82, 2.24) is 0 Å². The van der Waals surface area contributed by atoms with Crippen LogP contribution in [-0.4, -0.2) is 32.1 Å². The van der Waals surface area contributed by atoms with Crippen LogP contribution in [0.15, 0.2) is 53.0 Å². The maximum Gasteiger partial charge on any atom is 0.337 e. The van der Waals surface area contributed by atoms with Gasteiger partial charge in [0.25, 0.3) is 5.91 Å². The first-order chi connectivity index (χ1) is 12.1. The van der Waals surface area contributed by atoms with E-state index in [4.69, 9.17) is 10.00 Å². The average molecular weight is 403 g/mol. The van der Waals surface area contributed by atoms with Crippen molar-refractivity contribution in [3.05, 3.63) is 58.6 Å². The lowest BCUT2D eigenvalue weighted by Gasteiger charge is -2.20. The van der Waals surface area contributed by atoms with E-state index in [1.807, 2.05) is 12.1 Å². The third kappa shape index (κ3) is 4.81. The molecular weight excluding hydrogens is 388 g/mol. The van der Waals surface area contributed by atoms with Gasteiger partial charge in [-0.2, -0.15) is 5.26 Å². The van der Waals surface area contributed by atoms with E-state index in [1.165, 1.54) is 12.0 Å². The number of esters is 1. The van der Waals surface area contributed by atoms with E-state index in [0.29, 0.717) is 21.5 Å². The molecule has 2 aromatic rings. The summed E-state index contributed by atoms with van der Waals surface area (Å²) in [6.45, 7) is -0.318. The van der Waals surface area contributed by atoms with Crippen molar-refractivity contribution in [2.24, 2.45) is 0 Å². The number of ether oxygens (including phenoxy) is 2. The number of hydrogen-bond donors (Lipinski definition) is 0. The number of anilines is 1. The van der Waals surface area contributed by atoms with Gasteiger partial charge in [0.2, 0.25) is 0 Å². The highest BCUT2D eigenvalue weighted by molar-refractivity contribution is 9.10. The van der Waals surface area contributed by atoms with Crippen molar-refractivity contribution >= 4 is 33.5 Å². The van der Waals surface area contributed by atoms with Gasteiger partial charge in [-0.15, -0.1) is 0 Å². The Morgan fingerprint density at radius 1 is 1.20 bits per heavy atom. The number of rotatable bonds is 6. The van der Waals surface area contributed by atoms with Crippen molar-refractivity contribution < 1.29 is 19.1 Å². The predicted molar refractivity (Wildman–Crippen MR) is 95.4 cm³/mol. The normalized spacial score (nSPS) is 9.80. The van der Waals surface area contributed by atoms with Crippen molar-refractivity contribution in [3.63, 3.8) is 0 Å². The number of methoxy groups -OCH3 is 1. The van der Waals surface area contributed by atoms with Gasteiger partial charge in [0.05, 0.1) is 23.2 Å². The van der Waals surface area contributed by atoms with Gasteiger partial charge in [0, 0.05) is 5.69 Å². The van der Waals surface area contributed by atoms with Gasteiger partial charge >= 0.3 is 5.97 Å². The first kappa shape index (κ1) is 18.5. The zero-order valence-corrected chi connectivity index (χ0v) is 15.0. The standard InChI is InChI=1S/C18H15BrN2O4/c1-24-18(23)13-7-8-16(15(19)11-13)25-12-17(22)21(10-9-20)14-5-3-2-4-6-14/h2-8,11H,10,12H2,1H3. The van der Waals surface area contributed by atoms with Crippen LogP contribution in [0.3, 0.4) is 0 Å². The lowest BCUT2D eigenvalue weighted by atomic mass is 10.2. The first-order valence-corrected chi connectivity index (χ1v) is 8.09. The van der Waals surface area contributed by atoms with Crippen molar-refractivity contribution in [2.45, 2.75) is 0 Å². The quantitative estimate of drug-likeness (QED) is 0.547. The fraction of sp³-hybridized carbons (Fsp3) is 0.167. The van der Waals surface area contributed by atoms with E-state index in [-0.39, 0.29) is 19.1 Å². The number of nitrogens with zero attached hydrogens (tertiary/aromatic N) is 2. The molecule has 0 saturated carbocycles. The number of nitriles is 1. The van der Waals surface area contributed by atoms with Gasteiger partial charge in [-0.3, -0.25) is 9.69 Å². The molecule has 0 aliphatic rings. The highest BCUT2D eigenvalue weighted by atomic mass is 79.9. The third-order valence-corrected chi connectivity index (χ3v) is 3.92. The SMILES string of the molecule is COC(=O)c1ccc(OCC(=O)N(CC#N)c2ccccc2)c(Br)c1. The van der Waals surface area contributed by atoms with Gasteiger partial charge in [0.15, 0.2) is 6.61 Å². The number of carbonyl (C=O) groups is 2. The maximum absolute atomic E-state index is 12.4. The Bertz CT molecular complexity index is 802. The molecule has 0 saturated heterocycles. The molecule has 0 fully saturated rings. The second-order valence-electron chi connectivity index (χ2n) is 4.90. The highest BCUT2D eigenvalue weighted by Crippen LogP contribution is 2.26. The Balaban J connectivity index is 2.08. The highest BCUT2D eigenvalue weighted by Gasteiger charge is 2.17. The number of hydrogen-bond acceptors (Lipinski definition) is 5. The van der Waals surface area contributed by atoms with Crippen molar-refractivity contribution in [2.75, 3.05) is 25.2 Å². The summed E-state index contributed by atoms with van der Waals surface area (Å²) in [4.78, 5) is 25.2. The molecule has 0 spiro atoms. The topological polar surface area (TPSA) is 79.6 Å². The van der Waals surface area contributed by atoms with Crippen molar-refractivity contribution in [3.8, 4) is 11.8 Å². The van der Waals surface area contributed by atoms with Gasteiger partial charge < -0.3 is 9.47 Å². The first-order valence-electron chi connectivity index (χ1n) is 7.30. The molecule has 0 aromatic heterocycles. The van der Waals surface area contributed by atoms with Crippen LogP contribution < -0.4 is 9.64 Å². The number of para-hydroxylation sites is 1. The minimum absolute atomic E-state index is 0.0747. The van der Waals surface area contributed by atoms with Gasteiger partial charge in [-0.05, 0) is 46.3 Å². The van der Waals surface area contributed by atoms with Crippen LogP contribution in [0.5, 0.6) is 5.75 Å². The van der Waals surface area contributed by atoms with E-state index in [9.17, 15) is 9.59 Å². The molecule has 2 rings (SSSR count). The lowest BCUT2D eigenvalue weighted by molar-refractivity contribution is -0.120. The Labute approximate surface area is 153 Å². The van der Waals surface area contributed by atoms with E-state index in [0.717, 1.165) is 0 Å². The fourth-order valence-electron chi connectivity index (χ4n) is 2.08. The summed E-state index contributed by atoms with van der Waals surface area (Å²) < 4.78 is 10.7. The van der Waals surface area contributed by atoms with Gasteiger partial charge in [0.1, 0.15) is 12.3 Å². The second-order valence-corrected chi connectivity index (χ2v) is 5.75. The van der Waals surface area contributed by atoms with Crippen LogP contribution in [0.4, 0.5) is 5.69 Å². The summed E-state index contributed by atoms with van der Waals surface area (Å²) in [6, 6.07) is 15.5. The molecule has 0 aliphatic heterocycles. The molecule has 0 bridgehead atoms. The maximum atomic E-state index is 12.4. The molecule has 1 amide bonds. The smallest absolute Gasteiger partial charge is 0.337 e. The summed E-state index contributed by atoms with van der Waals surface area (Å²) in [7, 11) is 1.30. The molecule has 0 radical (unpaired) electrons. The van der Waals surface area contributed by atoms with Crippen molar-refractivity contribution in [1.29, 1.82) is 5.26 Å². The molecule has 0 aliphatic carbocycles. The Morgan fingerprint density at radius 2 is 1.92 bits per heavy atom. The predicted octanol–water partition coefficient (Wildman–Crippen LogP) is 3.17. The molecule has 7 heteroatoms. The van der Waals surface area contributed by atoms with Crippen LogP contribution in [0.25, 0.3) is 0 Å². The summed E-state index contributed by atoms with van der Waals surface area (Å²) in [5, 5.41) is 8.95. The lowest BCUT2D eigenvalue weighted by Crippen LogP contribution is -2.35. The molecule has 0 atom stereocenters. The summed E-state index contributed by atoms with van der Waals surface area (Å²) in [5.74, 6) is -0.407. The molecule has 128 valence electrons. The zero-order valence-electron chi connectivity index (χ0n) is 13.4. The molecule has 2 aromatic carbocycles. The average Bonchev–Trinajstić information content (AvgIpc) is 2.64. The molecule has 0 heterocycles.